The monoisotopic (exact) mass is 404 g/mol. The van der Waals surface area contributed by atoms with Crippen LogP contribution in [0.15, 0.2) is 47.3 Å². The largest absolute Gasteiger partial charge is 0.355 e. The molecule has 1 aliphatic rings. The van der Waals surface area contributed by atoms with E-state index in [-0.39, 0.29) is 18.0 Å². The molecule has 1 aromatic heterocycles. The van der Waals surface area contributed by atoms with Gasteiger partial charge in [-0.1, -0.05) is 37.1 Å². The van der Waals surface area contributed by atoms with E-state index in [1.54, 1.807) is 0 Å². The first-order valence-electron chi connectivity index (χ1n) is 10.6. The van der Waals surface area contributed by atoms with E-state index in [1.165, 1.54) is 23.1 Å². The summed E-state index contributed by atoms with van der Waals surface area (Å²) in [6.45, 7) is 5.77. The number of hydrogen-bond donors (Lipinski definition) is 1. The van der Waals surface area contributed by atoms with Crippen LogP contribution in [0.3, 0.4) is 0 Å². The zero-order chi connectivity index (χ0) is 21.1. The van der Waals surface area contributed by atoms with Gasteiger partial charge in [0.1, 0.15) is 6.54 Å². The van der Waals surface area contributed by atoms with Crippen LogP contribution in [0.4, 0.5) is 11.5 Å². The van der Waals surface area contributed by atoms with Gasteiger partial charge in [-0.05, 0) is 56.0 Å². The summed E-state index contributed by atoms with van der Waals surface area (Å²) < 4.78 is 1.30. The quantitative estimate of drug-likeness (QED) is 0.713. The van der Waals surface area contributed by atoms with E-state index < -0.39 is 0 Å². The zero-order valence-corrected chi connectivity index (χ0v) is 17.6. The zero-order valence-electron chi connectivity index (χ0n) is 17.6. The Morgan fingerprint density at radius 2 is 1.67 bits per heavy atom. The third-order valence-corrected chi connectivity index (χ3v) is 5.84. The van der Waals surface area contributed by atoms with Crippen molar-refractivity contribution < 1.29 is 4.79 Å². The van der Waals surface area contributed by atoms with E-state index in [0.717, 1.165) is 48.4 Å². The van der Waals surface area contributed by atoms with E-state index >= 15 is 0 Å². The predicted molar refractivity (Wildman–Crippen MR) is 121 cm³/mol. The van der Waals surface area contributed by atoms with Gasteiger partial charge >= 0.3 is 0 Å². The Balaban J connectivity index is 1.66. The molecule has 0 saturated carbocycles. The minimum absolute atomic E-state index is 0.114. The molecule has 6 heteroatoms. The topological polar surface area (TPSA) is 67.2 Å². The molecule has 0 bridgehead atoms. The number of fused-ring (bicyclic) bond motifs is 1. The number of hydrogen-bond acceptors (Lipinski definition) is 4. The molecule has 0 atom stereocenters. The Hall–Kier alpha value is -3.15. The van der Waals surface area contributed by atoms with Gasteiger partial charge < -0.3 is 10.2 Å². The summed E-state index contributed by atoms with van der Waals surface area (Å²) in [6, 6.07) is 13.3. The molecule has 0 radical (unpaired) electrons. The Morgan fingerprint density at radius 3 is 2.37 bits per heavy atom. The Labute approximate surface area is 176 Å². The maximum Gasteiger partial charge on any atom is 0.275 e. The molecule has 2 heterocycles. The van der Waals surface area contributed by atoms with Gasteiger partial charge in [0.15, 0.2) is 5.82 Å². The smallest absolute Gasteiger partial charge is 0.275 e. The van der Waals surface area contributed by atoms with Crippen molar-refractivity contribution in [3.63, 3.8) is 0 Å². The van der Waals surface area contributed by atoms with Crippen LogP contribution in [0.25, 0.3) is 10.8 Å². The lowest BCUT2D eigenvalue weighted by Crippen LogP contribution is -2.33. The molecule has 1 amide bonds. The highest BCUT2D eigenvalue weighted by atomic mass is 16.2. The van der Waals surface area contributed by atoms with E-state index in [9.17, 15) is 9.59 Å². The summed E-state index contributed by atoms with van der Waals surface area (Å²) in [5.41, 5.74) is 2.77. The standard InChI is InChI=1S/C24H28N4O2/c1-17-11-12-19(15-18(17)2)25-22(29)16-28-24(30)21-10-6-5-9-20(21)23(26-28)27-13-7-3-4-8-14-27/h5-6,9-12,15H,3-4,7-8,13-14,16H2,1-2H3,(H,25,29). The van der Waals surface area contributed by atoms with E-state index in [1.807, 2.05) is 56.3 Å². The van der Waals surface area contributed by atoms with E-state index in [4.69, 9.17) is 0 Å². The highest BCUT2D eigenvalue weighted by molar-refractivity contribution is 5.93. The number of carbonyl (C=O) groups is 1. The van der Waals surface area contributed by atoms with Crippen molar-refractivity contribution in [2.24, 2.45) is 0 Å². The molecule has 4 rings (SSSR count). The van der Waals surface area contributed by atoms with Crippen molar-refractivity contribution in [2.75, 3.05) is 23.3 Å². The van der Waals surface area contributed by atoms with Gasteiger partial charge in [-0.25, -0.2) is 4.68 Å². The van der Waals surface area contributed by atoms with Crippen LogP contribution in [0.5, 0.6) is 0 Å². The summed E-state index contributed by atoms with van der Waals surface area (Å²) in [7, 11) is 0. The van der Waals surface area contributed by atoms with Gasteiger partial charge in [0, 0.05) is 24.2 Å². The van der Waals surface area contributed by atoms with Crippen LogP contribution in [-0.2, 0) is 11.3 Å². The fraction of sp³-hybridized carbons (Fsp3) is 0.375. The first-order valence-corrected chi connectivity index (χ1v) is 10.6. The van der Waals surface area contributed by atoms with Crippen LogP contribution in [-0.4, -0.2) is 28.8 Å². The third-order valence-electron chi connectivity index (χ3n) is 5.84. The normalized spacial score (nSPS) is 14.5. The van der Waals surface area contributed by atoms with Gasteiger partial charge in [0.2, 0.25) is 5.91 Å². The van der Waals surface area contributed by atoms with E-state index in [2.05, 4.69) is 15.3 Å². The van der Waals surface area contributed by atoms with Crippen LogP contribution >= 0.6 is 0 Å². The first-order chi connectivity index (χ1) is 14.5. The van der Waals surface area contributed by atoms with Crippen molar-refractivity contribution in [2.45, 2.75) is 46.1 Å². The molecule has 0 spiro atoms. The minimum Gasteiger partial charge on any atom is -0.355 e. The van der Waals surface area contributed by atoms with Gasteiger partial charge in [0.05, 0.1) is 5.39 Å². The average Bonchev–Trinajstić information content (AvgIpc) is 3.02. The van der Waals surface area contributed by atoms with E-state index in [0.29, 0.717) is 5.39 Å². The Bertz CT molecular complexity index is 1130. The number of nitrogens with zero attached hydrogens (tertiary/aromatic N) is 3. The van der Waals surface area contributed by atoms with Crippen molar-refractivity contribution >= 4 is 28.2 Å². The fourth-order valence-electron chi connectivity index (χ4n) is 4.00. The van der Waals surface area contributed by atoms with Gasteiger partial charge in [-0.15, -0.1) is 0 Å². The number of rotatable bonds is 4. The molecule has 6 nitrogen and oxygen atoms in total. The molecule has 2 aromatic carbocycles. The summed E-state index contributed by atoms with van der Waals surface area (Å²) in [6.07, 6.45) is 4.66. The number of aryl methyl sites for hydroxylation is 2. The lowest BCUT2D eigenvalue weighted by Gasteiger charge is -2.23. The number of anilines is 2. The molecule has 156 valence electrons. The molecular formula is C24H28N4O2. The second-order valence-electron chi connectivity index (χ2n) is 8.08. The van der Waals surface area contributed by atoms with Crippen molar-refractivity contribution in [1.82, 2.24) is 9.78 Å². The molecular weight excluding hydrogens is 376 g/mol. The second kappa shape index (κ2) is 8.69. The Kier molecular flexibility index (Phi) is 5.84. The molecule has 1 saturated heterocycles. The maximum absolute atomic E-state index is 13.0. The number of amides is 1. The lowest BCUT2D eigenvalue weighted by molar-refractivity contribution is -0.117. The van der Waals surface area contributed by atoms with Crippen molar-refractivity contribution in [3.8, 4) is 0 Å². The van der Waals surface area contributed by atoms with Crippen LogP contribution in [0.1, 0.15) is 36.8 Å². The first kappa shape index (κ1) is 20.1. The summed E-state index contributed by atoms with van der Waals surface area (Å²) in [4.78, 5) is 28.0. The summed E-state index contributed by atoms with van der Waals surface area (Å²) in [5.74, 6) is 0.538. The molecule has 0 aliphatic carbocycles. The third kappa shape index (κ3) is 4.22. The maximum atomic E-state index is 13.0. The number of carbonyl (C=O) groups excluding carboxylic acids is 1. The number of aromatic nitrogens is 2. The van der Waals surface area contributed by atoms with Crippen molar-refractivity contribution in [1.29, 1.82) is 0 Å². The summed E-state index contributed by atoms with van der Waals surface area (Å²) >= 11 is 0. The van der Waals surface area contributed by atoms with Crippen molar-refractivity contribution in [3.05, 3.63) is 63.9 Å². The van der Waals surface area contributed by atoms with Crippen LogP contribution < -0.4 is 15.8 Å². The molecule has 3 aromatic rings. The van der Waals surface area contributed by atoms with Gasteiger partial charge in [-0.2, -0.15) is 5.10 Å². The molecule has 1 N–H and O–H groups in total. The fourth-order valence-corrected chi connectivity index (χ4v) is 4.00. The predicted octanol–water partition coefficient (Wildman–Crippen LogP) is 4.03. The van der Waals surface area contributed by atoms with Crippen LogP contribution in [0, 0.1) is 13.8 Å². The number of benzene rings is 2. The minimum atomic E-state index is -0.259. The molecule has 30 heavy (non-hydrogen) atoms. The van der Waals surface area contributed by atoms with Gasteiger partial charge in [0.25, 0.3) is 5.56 Å². The highest BCUT2D eigenvalue weighted by Crippen LogP contribution is 2.24. The lowest BCUT2D eigenvalue weighted by atomic mass is 10.1. The Morgan fingerprint density at radius 1 is 0.967 bits per heavy atom. The summed E-state index contributed by atoms with van der Waals surface area (Å²) in [5, 5.41) is 9.00. The van der Waals surface area contributed by atoms with Gasteiger partial charge in [-0.3, -0.25) is 9.59 Å². The average molecular weight is 405 g/mol. The van der Waals surface area contributed by atoms with Crippen LogP contribution in [0.2, 0.25) is 0 Å². The molecule has 1 fully saturated rings. The highest BCUT2D eigenvalue weighted by Gasteiger charge is 2.18. The second-order valence-corrected chi connectivity index (χ2v) is 8.08. The molecule has 1 aliphatic heterocycles. The molecule has 0 unspecified atom stereocenters. The SMILES string of the molecule is Cc1ccc(NC(=O)Cn2nc(N3CCCCCC3)c3ccccc3c2=O)cc1C. The number of nitrogens with one attached hydrogen (secondary N) is 1.